The number of nitrogens with two attached hydrogens (primary N) is 1. The van der Waals surface area contributed by atoms with E-state index >= 15 is 0 Å². The number of rotatable bonds is 13. The number of benzene rings is 2. The average Bonchev–Trinajstić information content (AvgIpc) is 2.29. The highest BCUT2D eigenvalue weighted by Gasteiger charge is 2.29. The van der Waals surface area contributed by atoms with Gasteiger partial charge in [-0.3, -0.25) is 15.0 Å². The summed E-state index contributed by atoms with van der Waals surface area (Å²) in [5, 5.41) is 37.4. The second-order valence-corrected chi connectivity index (χ2v) is 21.5. The number of imidazole rings is 2. The van der Waals surface area contributed by atoms with Gasteiger partial charge in [-0.2, -0.15) is 9.97 Å². The van der Waals surface area contributed by atoms with E-state index in [0.717, 1.165) is 119 Å². The van der Waals surface area contributed by atoms with Crippen molar-refractivity contribution >= 4 is 96.7 Å². The fourth-order valence-corrected chi connectivity index (χ4v) is 11.0. The summed E-state index contributed by atoms with van der Waals surface area (Å²) in [5.74, 6) is 5.67. The Kier molecular flexibility index (Phi) is 22.1. The smallest absolute Gasteiger partial charge is 0.231 e. The van der Waals surface area contributed by atoms with Crippen molar-refractivity contribution in [3.8, 4) is 34.4 Å². The summed E-state index contributed by atoms with van der Waals surface area (Å²) in [4.78, 5) is 50.6. The van der Waals surface area contributed by atoms with Crippen molar-refractivity contribution in [1.82, 2.24) is 69.3 Å². The van der Waals surface area contributed by atoms with Crippen molar-refractivity contribution < 1.29 is 34.3 Å². The van der Waals surface area contributed by atoms with Gasteiger partial charge in [0.25, 0.3) is 0 Å². The number of nitrogen functional groups attached to an aromatic ring is 1. The number of aliphatic hydroxyl groups is 3. The first-order chi connectivity index (χ1) is 42.8. The number of aromatic nitrogens is 13. The van der Waals surface area contributed by atoms with Crippen molar-refractivity contribution in [1.29, 1.82) is 0 Å². The Morgan fingerprint density at radius 3 is 1.67 bits per heavy atom. The highest BCUT2D eigenvalue weighted by Crippen LogP contribution is 2.40. The van der Waals surface area contributed by atoms with Gasteiger partial charge in [0.2, 0.25) is 22.3 Å². The number of anilines is 5. The molecule has 28 heteroatoms. The Morgan fingerprint density at radius 2 is 1.14 bits per heavy atom. The molecule has 25 nitrogen and oxygen atoms in total. The maximum Gasteiger partial charge on any atom is 0.231 e. The molecule has 3 fully saturated rings. The van der Waals surface area contributed by atoms with Crippen LogP contribution in [0.25, 0.3) is 44.1 Å². The molecule has 2 aromatic carbocycles. The van der Waals surface area contributed by atoms with Crippen LogP contribution in [0.4, 0.5) is 29.2 Å². The fourth-order valence-electron chi connectivity index (χ4n) is 10.3. The quantitative estimate of drug-likeness (QED) is 0.0464. The number of aryl methyl sites for hydroxylation is 1. The van der Waals surface area contributed by atoms with Gasteiger partial charge in [0.1, 0.15) is 41.0 Å². The number of pyridine rings is 3. The normalized spacial score (nSPS) is 16.0. The zero-order chi connectivity index (χ0) is 62.3. The summed E-state index contributed by atoms with van der Waals surface area (Å²) in [7, 11) is 6.39. The number of halogens is 3. The molecule has 11 heterocycles. The number of aliphatic hydroxyl groups excluding tert-OH is 3. The molecule has 8 aromatic heterocycles. The first kappa shape index (κ1) is 63.9. The van der Waals surface area contributed by atoms with Crippen molar-refractivity contribution in [2.45, 2.75) is 70.5 Å². The Hall–Kier alpha value is -8.56. The zero-order valence-corrected chi connectivity index (χ0v) is 51.7. The molecule has 88 heavy (non-hydrogen) atoms. The molecule has 13 rings (SSSR count). The molecule has 3 saturated heterocycles. The summed E-state index contributed by atoms with van der Waals surface area (Å²) in [6.07, 6.45) is 23.4. The number of nitrogens with zero attached hydrogens (tertiary/aromatic N) is 15. The van der Waals surface area contributed by atoms with Gasteiger partial charge in [-0.15, -0.1) is 0 Å². The molecule has 0 amide bonds. The van der Waals surface area contributed by atoms with Crippen LogP contribution in [0.3, 0.4) is 0 Å². The van der Waals surface area contributed by atoms with Crippen molar-refractivity contribution in [2.24, 2.45) is 0 Å². The number of hydrogen-bond acceptors (Lipinski definition) is 23. The van der Waals surface area contributed by atoms with Gasteiger partial charge in [0, 0.05) is 72.1 Å². The lowest BCUT2D eigenvalue weighted by Gasteiger charge is -2.25. The summed E-state index contributed by atoms with van der Waals surface area (Å²) < 4.78 is 25.0. The Balaban J connectivity index is 0.000000143. The minimum Gasteiger partial charge on any atom is -0.496 e. The van der Waals surface area contributed by atoms with E-state index in [2.05, 4.69) is 83.3 Å². The van der Waals surface area contributed by atoms with E-state index in [9.17, 15) is 10.2 Å². The third kappa shape index (κ3) is 15.4. The highest BCUT2D eigenvalue weighted by molar-refractivity contribution is 6.35. The summed E-state index contributed by atoms with van der Waals surface area (Å²) >= 11 is 17.3. The lowest BCUT2D eigenvalue weighted by molar-refractivity contribution is 0.255. The third-order valence-corrected chi connectivity index (χ3v) is 15.6. The predicted molar refractivity (Wildman–Crippen MR) is 341 cm³/mol. The van der Waals surface area contributed by atoms with Gasteiger partial charge in [-0.25, -0.2) is 29.9 Å². The third-order valence-electron chi connectivity index (χ3n) is 15.0. The summed E-state index contributed by atoms with van der Waals surface area (Å²) in [5.41, 5.74) is 11.8. The molecule has 3 aliphatic rings. The van der Waals surface area contributed by atoms with Crippen LogP contribution in [-0.4, -0.2) is 165 Å². The molecular weight excluding hydrogens is 1190 g/mol. The first-order valence-corrected chi connectivity index (χ1v) is 29.4. The molecule has 0 spiro atoms. The maximum absolute atomic E-state index is 9.82. The minimum atomic E-state index is 0.0584. The minimum absolute atomic E-state index is 0.0584. The molecular formula is C60H69Cl3N18O7. The van der Waals surface area contributed by atoms with E-state index in [0.29, 0.717) is 58.2 Å². The van der Waals surface area contributed by atoms with Crippen LogP contribution in [-0.2, 0) is 0 Å². The van der Waals surface area contributed by atoms with Gasteiger partial charge in [0.05, 0.1) is 119 Å². The lowest BCUT2D eigenvalue weighted by Crippen LogP contribution is -2.33. The van der Waals surface area contributed by atoms with Crippen LogP contribution in [0, 0.1) is 13.8 Å². The second-order valence-electron chi connectivity index (χ2n) is 20.4. The molecule has 10 aromatic rings. The standard InChI is InChI=1S/C24H27N7O2.C12H13ClN4O.C12H15N3O3.C7H3Cl2N3.C5H11NO/c1-15-9-18(10-21(33-3)16(15)2)30-12-22(26-14-30)28-24-27-20-11-25-7-6-19(20)23(29-24)31-8-4-5-17(31)13-32;13-12-15-10-6-14-4-3-9(10)11(16-12)17-5-1-2-8(17)7-18;1-16-9-4-8(15-6-11(13)14-7-15)5-10(17-2)12(9)18-3;8-6-4-1-2-10-3-5(4)11-7(9)12-6;7-4-5-2-1-3-6-5/h6-7,9-12,14,17,32H,4-5,8,13H2,1-3H3,(H,27,28,29);3-4,6,8,18H,1-2,5,7H2;4-7H,13H2,1-3H3;1-3H;5-7H,1-4H2/t17-;8-;;;5-/m00..0/s1. The molecule has 7 N–H and O–H groups in total. The number of ether oxygens (including phenoxy) is 4. The van der Waals surface area contributed by atoms with Gasteiger partial charge >= 0.3 is 0 Å². The van der Waals surface area contributed by atoms with Crippen LogP contribution < -0.4 is 45.1 Å². The van der Waals surface area contributed by atoms with Crippen LogP contribution in [0.2, 0.25) is 15.7 Å². The second kappa shape index (κ2) is 30.4. The van der Waals surface area contributed by atoms with Gasteiger partial charge in [0.15, 0.2) is 17.3 Å². The molecule has 0 bridgehead atoms. The Labute approximate surface area is 522 Å². The molecule has 3 atom stereocenters. The van der Waals surface area contributed by atoms with Crippen molar-refractivity contribution in [3.63, 3.8) is 0 Å². The van der Waals surface area contributed by atoms with E-state index in [4.69, 9.17) is 69.6 Å². The Bertz CT molecular complexity index is 3930. The van der Waals surface area contributed by atoms with E-state index < -0.39 is 0 Å². The number of hydrogen-bond donors (Lipinski definition) is 6. The van der Waals surface area contributed by atoms with E-state index in [1.807, 2.05) is 48.0 Å². The Morgan fingerprint density at radius 1 is 0.602 bits per heavy atom. The lowest BCUT2D eigenvalue weighted by atomic mass is 10.1. The van der Waals surface area contributed by atoms with Gasteiger partial charge in [-0.1, -0.05) is 11.6 Å². The van der Waals surface area contributed by atoms with Crippen LogP contribution in [0.1, 0.15) is 49.7 Å². The zero-order valence-electron chi connectivity index (χ0n) is 49.4. The van der Waals surface area contributed by atoms with E-state index in [-0.39, 0.29) is 35.9 Å². The van der Waals surface area contributed by atoms with Crippen LogP contribution >= 0.6 is 34.8 Å². The maximum atomic E-state index is 9.82. The topological polar surface area (TPSA) is 306 Å². The van der Waals surface area contributed by atoms with Gasteiger partial charge < -0.3 is 69.6 Å². The summed E-state index contributed by atoms with van der Waals surface area (Å²) in [6, 6.07) is 13.9. The predicted octanol–water partition coefficient (Wildman–Crippen LogP) is 8.72. The molecule has 0 saturated carbocycles. The number of methoxy groups -OCH3 is 4. The number of fused-ring (bicyclic) bond motifs is 3. The summed E-state index contributed by atoms with van der Waals surface area (Å²) in [6.45, 7) is 7.47. The largest absolute Gasteiger partial charge is 0.496 e. The highest BCUT2D eigenvalue weighted by atomic mass is 35.5. The van der Waals surface area contributed by atoms with E-state index in [1.165, 1.54) is 6.42 Å². The molecule has 462 valence electrons. The van der Waals surface area contributed by atoms with Crippen molar-refractivity contribution in [3.05, 3.63) is 132 Å². The van der Waals surface area contributed by atoms with Crippen LogP contribution in [0.5, 0.6) is 23.0 Å². The number of nitrogens with one attached hydrogen (secondary N) is 2. The van der Waals surface area contributed by atoms with Crippen LogP contribution in [0.15, 0.2) is 105 Å². The average molecular weight is 1260 g/mol. The molecule has 0 aliphatic carbocycles. The monoisotopic (exact) mass is 1260 g/mol. The SMILES string of the molecule is COc1cc(-n2cnc(N)c2)cc(OC)c1OC.COc1cc(-n2cnc(Nc3nc(N4CCC[C@H]4CO)c4ccncc4n3)c2)cc(C)c1C.Clc1nc(Cl)c2ccncc2n1.OC[C@@H]1CCCN1.OC[C@@H]1CCCN1c1nc(Cl)nc2cnccc12. The first-order valence-electron chi connectivity index (χ1n) is 28.2. The molecule has 0 radical (unpaired) electrons. The van der Waals surface area contributed by atoms with Crippen molar-refractivity contribution in [2.75, 3.05) is 88.7 Å². The fraction of sp³-hybridized carbons (Fsp3) is 0.350. The molecule has 0 unspecified atom stereocenters. The van der Waals surface area contributed by atoms with E-state index in [1.54, 1.807) is 95.1 Å². The van der Waals surface area contributed by atoms with Gasteiger partial charge in [-0.05, 0) is 118 Å². The molecule has 3 aliphatic heterocycles.